The van der Waals surface area contributed by atoms with E-state index in [0.29, 0.717) is 0 Å². The van der Waals surface area contributed by atoms with Crippen molar-refractivity contribution in [2.75, 3.05) is 0 Å². The summed E-state index contributed by atoms with van der Waals surface area (Å²) in [5, 5.41) is 11.4. The maximum Gasteiger partial charge on any atom is 0.326 e. The molecule has 2 N–H and O–H groups in total. The highest BCUT2D eigenvalue weighted by Crippen LogP contribution is 2.18. The Balaban J connectivity index is 2.91. The molecule has 0 aliphatic rings. The standard InChI is InChI=1S/C12H13BrFNO3/c1-6(2)10(12(17)18)15-11(16)8-4-3-7(14)5-9(8)13/h3-6,10H,1-2H3,(H,15,16)(H,17,18)/t10-/m0/s1. The maximum absolute atomic E-state index is 12.9. The summed E-state index contributed by atoms with van der Waals surface area (Å²) in [6.07, 6.45) is 0. The zero-order valence-corrected chi connectivity index (χ0v) is 11.5. The van der Waals surface area contributed by atoms with E-state index in [1.807, 2.05) is 0 Å². The van der Waals surface area contributed by atoms with Crippen LogP contribution >= 0.6 is 15.9 Å². The predicted molar refractivity (Wildman–Crippen MR) is 67.8 cm³/mol. The lowest BCUT2D eigenvalue weighted by Crippen LogP contribution is -2.44. The first-order valence-corrected chi connectivity index (χ1v) is 6.11. The number of carbonyl (C=O) groups is 2. The number of rotatable bonds is 4. The fourth-order valence-electron chi connectivity index (χ4n) is 1.41. The van der Waals surface area contributed by atoms with Gasteiger partial charge < -0.3 is 10.4 Å². The van der Waals surface area contributed by atoms with Gasteiger partial charge in [0, 0.05) is 4.47 Å². The minimum atomic E-state index is -1.10. The van der Waals surface area contributed by atoms with Crippen LogP contribution in [0.5, 0.6) is 0 Å². The highest BCUT2D eigenvalue weighted by atomic mass is 79.9. The van der Waals surface area contributed by atoms with Crippen LogP contribution in [-0.2, 0) is 4.79 Å². The second-order valence-electron chi connectivity index (χ2n) is 4.16. The SMILES string of the molecule is CC(C)[C@H](NC(=O)c1ccc(F)cc1Br)C(=O)O. The van der Waals surface area contributed by atoms with Crippen molar-refractivity contribution in [2.24, 2.45) is 5.92 Å². The molecule has 0 saturated heterocycles. The van der Waals surface area contributed by atoms with E-state index in [2.05, 4.69) is 21.2 Å². The van der Waals surface area contributed by atoms with Crippen molar-refractivity contribution in [1.82, 2.24) is 5.32 Å². The molecule has 0 aliphatic carbocycles. The minimum absolute atomic E-state index is 0.198. The van der Waals surface area contributed by atoms with Crippen LogP contribution in [0.15, 0.2) is 22.7 Å². The molecule has 0 bridgehead atoms. The molecule has 1 amide bonds. The van der Waals surface area contributed by atoms with Gasteiger partial charge in [0.05, 0.1) is 5.56 Å². The number of carboxylic acid groups (broad SMARTS) is 1. The lowest BCUT2D eigenvalue weighted by Gasteiger charge is -2.18. The third-order valence-corrected chi connectivity index (χ3v) is 3.05. The topological polar surface area (TPSA) is 66.4 Å². The number of carbonyl (C=O) groups excluding carboxylic acids is 1. The van der Waals surface area contributed by atoms with E-state index in [1.54, 1.807) is 13.8 Å². The number of benzene rings is 1. The van der Waals surface area contributed by atoms with E-state index in [-0.39, 0.29) is 16.0 Å². The first-order valence-electron chi connectivity index (χ1n) is 5.31. The van der Waals surface area contributed by atoms with Crippen LogP contribution in [0.25, 0.3) is 0 Å². The zero-order valence-electron chi connectivity index (χ0n) is 9.91. The Bertz CT molecular complexity index is 476. The molecule has 4 nitrogen and oxygen atoms in total. The van der Waals surface area contributed by atoms with Gasteiger partial charge in [-0.25, -0.2) is 9.18 Å². The van der Waals surface area contributed by atoms with E-state index < -0.39 is 23.7 Å². The molecule has 0 unspecified atom stereocenters. The Morgan fingerprint density at radius 1 is 1.39 bits per heavy atom. The monoisotopic (exact) mass is 317 g/mol. The van der Waals surface area contributed by atoms with Gasteiger partial charge in [0.25, 0.3) is 5.91 Å². The van der Waals surface area contributed by atoms with Gasteiger partial charge in [-0.2, -0.15) is 0 Å². The Hall–Kier alpha value is -1.43. The highest BCUT2D eigenvalue weighted by Gasteiger charge is 2.24. The van der Waals surface area contributed by atoms with Crippen LogP contribution in [0.1, 0.15) is 24.2 Å². The molecule has 0 heterocycles. The van der Waals surface area contributed by atoms with Crippen LogP contribution in [0.3, 0.4) is 0 Å². The fourth-order valence-corrected chi connectivity index (χ4v) is 1.94. The zero-order chi connectivity index (χ0) is 13.9. The minimum Gasteiger partial charge on any atom is -0.480 e. The van der Waals surface area contributed by atoms with Crippen LogP contribution in [0.4, 0.5) is 4.39 Å². The molecule has 1 aromatic rings. The lowest BCUT2D eigenvalue weighted by molar-refractivity contribution is -0.140. The summed E-state index contributed by atoms with van der Waals surface area (Å²) in [6, 6.07) is 2.62. The van der Waals surface area contributed by atoms with E-state index in [9.17, 15) is 14.0 Å². The van der Waals surface area contributed by atoms with Crippen molar-refractivity contribution >= 4 is 27.8 Å². The third-order valence-electron chi connectivity index (χ3n) is 2.40. The molecule has 0 aromatic heterocycles. The molecule has 0 fully saturated rings. The molecule has 1 rings (SSSR count). The molecular weight excluding hydrogens is 305 g/mol. The van der Waals surface area contributed by atoms with E-state index in [0.717, 1.165) is 12.1 Å². The van der Waals surface area contributed by atoms with Crippen molar-refractivity contribution < 1.29 is 19.1 Å². The predicted octanol–water partition coefficient (Wildman–Crippen LogP) is 2.43. The molecule has 18 heavy (non-hydrogen) atoms. The van der Waals surface area contributed by atoms with Crippen LogP contribution in [-0.4, -0.2) is 23.0 Å². The van der Waals surface area contributed by atoms with Gasteiger partial charge in [0.1, 0.15) is 11.9 Å². The smallest absolute Gasteiger partial charge is 0.326 e. The van der Waals surface area contributed by atoms with Gasteiger partial charge >= 0.3 is 5.97 Å². The lowest BCUT2D eigenvalue weighted by atomic mass is 10.0. The quantitative estimate of drug-likeness (QED) is 0.896. The number of amides is 1. The number of hydrogen-bond acceptors (Lipinski definition) is 2. The summed E-state index contributed by atoms with van der Waals surface area (Å²) in [4.78, 5) is 22.8. The number of halogens is 2. The molecule has 0 radical (unpaired) electrons. The second-order valence-corrected chi connectivity index (χ2v) is 5.01. The van der Waals surface area contributed by atoms with Crippen LogP contribution in [0, 0.1) is 11.7 Å². The fraction of sp³-hybridized carbons (Fsp3) is 0.333. The largest absolute Gasteiger partial charge is 0.480 e. The highest BCUT2D eigenvalue weighted by molar-refractivity contribution is 9.10. The average Bonchev–Trinajstić information content (AvgIpc) is 2.24. The van der Waals surface area contributed by atoms with Gasteiger partial charge in [-0.05, 0) is 40.0 Å². The third kappa shape index (κ3) is 3.53. The molecule has 1 aromatic carbocycles. The van der Waals surface area contributed by atoms with Crippen molar-refractivity contribution in [3.05, 3.63) is 34.1 Å². The van der Waals surface area contributed by atoms with Crippen LogP contribution < -0.4 is 5.32 Å². The maximum atomic E-state index is 12.9. The Morgan fingerprint density at radius 3 is 2.44 bits per heavy atom. The molecule has 0 aliphatic heterocycles. The summed E-state index contributed by atoms with van der Waals surface area (Å²) in [6.45, 7) is 3.39. The van der Waals surface area contributed by atoms with E-state index in [1.165, 1.54) is 6.07 Å². The number of nitrogens with one attached hydrogen (secondary N) is 1. The molecule has 0 spiro atoms. The molecular formula is C12H13BrFNO3. The van der Waals surface area contributed by atoms with Gasteiger partial charge in [-0.1, -0.05) is 13.8 Å². The summed E-state index contributed by atoms with van der Waals surface area (Å²) < 4.78 is 13.2. The molecule has 98 valence electrons. The Morgan fingerprint density at radius 2 is 2.00 bits per heavy atom. The summed E-state index contributed by atoms with van der Waals surface area (Å²) in [7, 11) is 0. The molecule has 1 atom stereocenters. The Labute approximate surface area is 112 Å². The first kappa shape index (κ1) is 14.6. The number of aliphatic carboxylic acids is 1. The van der Waals surface area contributed by atoms with Crippen molar-refractivity contribution in [2.45, 2.75) is 19.9 Å². The van der Waals surface area contributed by atoms with Gasteiger partial charge in [0.15, 0.2) is 0 Å². The van der Waals surface area contributed by atoms with Gasteiger partial charge in [-0.15, -0.1) is 0 Å². The second kappa shape index (κ2) is 5.95. The number of hydrogen-bond donors (Lipinski definition) is 2. The van der Waals surface area contributed by atoms with Gasteiger partial charge in [-0.3, -0.25) is 4.79 Å². The Kier molecular flexibility index (Phi) is 4.84. The summed E-state index contributed by atoms with van der Waals surface area (Å²) >= 11 is 3.06. The summed E-state index contributed by atoms with van der Waals surface area (Å²) in [5.41, 5.74) is 0.198. The normalized spacial score (nSPS) is 12.3. The number of carboxylic acids is 1. The van der Waals surface area contributed by atoms with Crippen molar-refractivity contribution in [3.63, 3.8) is 0 Å². The summed E-state index contributed by atoms with van der Waals surface area (Å²) in [5.74, 6) is -2.37. The van der Waals surface area contributed by atoms with Gasteiger partial charge in [0.2, 0.25) is 0 Å². The van der Waals surface area contributed by atoms with Crippen molar-refractivity contribution in [3.8, 4) is 0 Å². The average molecular weight is 318 g/mol. The van der Waals surface area contributed by atoms with Crippen molar-refractivity contribution in [1.29, 1.82) is 0 Å². The molecule has 0 saturated carbocycles. The van der Waals surface area contributed by atoms with E-state index >= 15 is 0 Å². The first-order chi connectivity index (χ1) is 8.32. The van der Waals surface area contributed by atoms with Crippen LogP contribution in [0.2, 0.25) is 0 Å². The van der Waals surface area contributed by atoms with E-state index in [4.69, 9.17) is 5.11 Å². The molecule has 6 heteroatoms.